The molecule has 4 rings (SSSR count). The molecule has 0 bridgehead atoms. The fraction of sp³-hybridized carbons (Fsp3) is 0.318. The fourth-order valence-corrected chi connectivity index (χ4v) is 5.18. The predicted molar refractivity (Wildman–Crippen MR) is 122 cm³/mol. The second kappa shape index (κ2) is 8.73. The van der Waals surface area contributed by atoms with E-state index >= 15 is 0 Å². The van der Waals surface area contributed by atoms with Gasteiger partial charge in [-0.3, -0.25) is 9.69 Å². The van der Waals surface area contributed by atoms with Crippen molar-refractivity contribution in [2.45, 2.75) is 38.5 Å². The lowest BCUT2D eigenvalue weighted by molar-refractivity contribution is -0.139. The van der Waals surface area contributed by atoms with Gasteiger partial charge in [-0.2, -0.15) is 0 Å². The number of thioether (sulfide) groups is 1. The molecule has 0 N–H and O–H groups in total. The summed E-state index contributed by atoms with van der Waals surface area (Å²) in [6.07, 6.45) is 0.654. The van der Waals surface area contributed by atoms with Gasteiger partial charge >= 0.3 is 5.97 Å². The summed E-state index contributed by atoms with van der Waals surface area (Å²) in [5, 5.41) is 1.30. The SMILES string of the molecule is CCOC(=O)C1=C(C)N=C2SC(CC)C(=O)N2C1c1ccc(-c2cc(Cl)ccc2Cl)o1. The van der Waals surface area contributed by atoms with Crippen molar-refractivity contribution in [3.05, 3.63) is 57.4 Å². The number of fused-ring (bicyclic) bond motifs is 1. The number of amidine groups is 1. The van der Waals surface area contributed by atoms with Crippen molar-refractivity contribution in [1.82, 2.24) is 4.90 Å². The Kier molecular flexibility index (Phi) is 6.19. The molecule has 1 saturated heterocycles. The molecule has 2 aliphatic rings. The first kappa shape index (κ1) is 22.0. The third-order valence-corrected chi connectivity index (χ3v) is 6.99. The van der Waals surface area contributed by atoms with Crippen LogP contribution in [0.15, 0.2) is 51.0 Å². The van der Waals surface area contributed by atoms with E-state index in [0.29, 0.717) is 44.4 Å². The Bertz CT molecular complexity index is 1120. The molecule has 2 aliphatic heterocycles. The summed E-state index contributed by atoms with van der Waals surface area (Å²) in [5.74, 6) is 0.277. The molecule has 0 spiro atoms. The largest absolute Gasteiger partial charge is 0.463 e. The molecular formula is C22H20Cl2N2O4S. The zero-order valence-electron chi connectivity index (χ0n) is 17.1. The van der Waals surface area contributed by atoms with Crippen molar-refractivity contribution in [3.63, 3.8) is 0 Å². The Labute approximate surface area is 194 Å². The van der Waals surface area contributed by atoms with Gasteiger partial charge in [0.25, 0.3) is 0 Å². The third-order valence-electron chi connectivity index (χ3n) is 5.11. The first-order chi connectivity index (χ1) is 14.8. The van der Waals surface area contributed by atoms with Crippen LogP contribution < -0.4 is 0 Å². The van der Waals surface area contributed by atoms with Gasteiger partial charge in [-0.1, -0.05) is 41.9 Å². The molecule has 1 fully saturated rings. The molecule has 6 nitrogen and oxygen atoms in total. The van der Waals surface area contributed by atoms with Crippen LogP contribution in [0.2, 0.25) is 10.0 Å². The van der Waals surface area contributed by atoms with E-state index in [0.717, 1.165) is 0 Å². The van der Waals surface area contributed by atoms with Crippen LogP contribution in [0.4, 0.5) is 0 Å². The zero-order chi connectivity index (χ0) is 22.3. The number of carbonyl (C=O) groups excluding carboxylic acids is 2. The van der Waals surface area contributed by atoms with Crippen LogP contribution >= 0.6 is 35.0 Å². The highest BCUT2D eigenvalue weighted by Gasteiger charge is 2.48. The van der Waals surface area contributed by atoms with Gasteiger partial charge in [0.05, 0.1) is 28.1 Å². The van der Waals surface area contributed by atoms with E-state index in [-0.39, 0.29) is 23.3 Å². The van der Waals surface area contributed by atoms with E-state index in [4.69, 9.17) is 32.4 Å². The molecule has 0 radical (unpaired) electrons. The first-order valence-electron chi connectivity index (χ1n) is 9.87. The van der Waals surface area contributed by atoms with Gasteiger partial charge < -0.3 is 9.15 Å². The number of halogens is 2. The molecule has 1 aromatic carbocycles. The number of benzene rings is 1. The average Bonchev–Trinajstić information content (AvgIpc) is 3.33. The lowest BCUT2D eigenvalue weighted by Gasteiger charge is -2.31. The van der Waals surface area contributed by atoms with E-state index in [9.17, 15) is 9.59 Å². The van der Waals surface area contributed by atoms with Crippen molar-refractivity contribution in [3.8, 4) is 11.3 Å². The van der Waals surface area contributed by atoms with Crippen LogP contribution in [0.5, 0.6) is 0 Å². The number of ether oxygens (including phenoxy) is 1. The number of aliphatic imine (C=N–C) groups is 1. The molecule has 9 heteroatoms. The summed E-state index contributed by atoms with van der Waals surface area (Å²) in [6, 6.07) is 7.81. The second-order valence-corrected chi connectivity index (χ2v) is 9.08. The number of hydrogen-bond donors (Lipinski definition) is 0. The number of hydrogen-bond acceptors (Lipinski definition) is 6. The first-order valence-corrected chi connectivity index (χ1v) is 11.5. The van der Waals surface area contributed by atoms with Crippen molar-refractivity contribution in [1.29, 1.82) is 0 Å². The van der Waals surface area contributed by atoms with Crippen molar-refractivity contribution in [2.24, 2.45) is 4.99 Å². The van der Waals surface area contributed by atoms with Crippen LogP contribution in [-0.2, 0) is 14.3 Å². The summed E-state index contributed by atoms with van der Waals surface area (Å²) in [6.45, 7) is 5.63. The molecule has 0 saturated carbocycles. The van der Waals surface area contributed by atoms with E-state index in [1.54, 1.807) is 49.1 Å². The Morgan fingerprint density at radius 2 is 2.03 bits per heavy atom. The molecule has 162 valence electrons. The van der Waals surface area contributed by atoms with Crippen LogP contribution in [0, 0.1) is 0 Å². The van der Waals surface area contributed by atoms with E-state index in [1.807, 2.05) is 6.92 Å². The second-order valence-electron chi connectivity index (χ2n) is 7.07. The number of esters is 1. The molecule has 0 aliphatic carbocycles. The average molecular weight is 479 g/mol. The van der Waals surface area contributed by atoms with Crippen LogP contribution in [0.1, 0.15) is 39.0 Å². The highest BCUT2D eigenvalue weighted by atomic mass is 35.5. The summed E-state index contributed by atoms with van der Waals surface area (Å²) in [7, 11) is 0. The molecule has 1 aromatic heterocycles. The minimum absolute atomic E-state index is 0.107. The highest BCUT2D eigenvalue weighted by Crippen LogP contribution is 2.45. The van der Waals surface area contributed by atoms with Crippen molar-refractivity contribution >= 4 is 52.0 Å². The molecular weight excluding hydrogens is 459 g/mol. The minimum Gasteiger partial charge on any atom is -0.463 e. The van der Waals surface area contributed by atoms with E-state index < -0.39 is 12.0 Å². The number of amides is 1. The van der Waals surface area contributed by atoms with Gasteiger partial charge in [0, 0.05) is 10.6 Å². The molecule has 31 heavy (non-hydrogen) atoms. The van der Waals surface area contributed by atoms with Gasteiger partial charge in [-0.25, -0.2) is 9.79 Å². The predicted octanol–water partition coefficient (Wildman–Crippen LogP) is 5.86. The van der Waals surface area contributed by atoms with Crippen molar-refractivity contribution < 1.29 is 18.7 Å². The summed E-state index contributed by atoms with van der Waals surface area (Å²) in [4.78, 5) is 32.0. The lowest BCUT2D eigenvalue weighted by atomic mass is 9.99. The van der Waals surface area contributed by atoms with Crippen LogP contribution in [-0.4, -0.2) is 33.8 Å². The van der Waals surface area contributed by atoms with Gasteiger partial charge in [0.15, 0.2) is 5.17 Å². The van der Waals surface area contributed by atoms with Gasteiger partial charge in [-0.05, 0) is 50.6 Å². The summed E-state index contributed by atoms with van der Waals surface area (Å²) >= 11 is 13.9. The molecule has 3 heterocycles. The smallest absolute Gasteiger partial charge is 0.338 e. The molecule has 1 amide bonds. The minimum atomic E-state index is -0.769. The van der Waals surface area contributed by atoms with Gasteiger partial charge in [0.1, 0.15) is 17.6 Å². The molecule has 2 aromatic rings. The Morgan fingerprint density at radius 3 is 2.74 bits per heavy atom. The van der Waals surface area contributed by atoms with E-state index in [1.165, 1.54) is 11.8 Å². The number of furan rings is 1. The maximum absolute atomic E-state index is 13.1. The summed E-state index contributed by atoms with van der Waals surface area (Å²) < 4.78 is 11.4. The van der Waals surface area contributed by atoms with Crippen LogP contribution in [0.25, 0.3) is 11.3 Å². The van der Waals surface area contributed by atoms with Gasteiger partial charge in [-0.15, -0.1) is 0 Å². The van der Waals surface area contributed by atoms with Crippen LogP contribution in [0.3, 0.4) is 0 Å². The number of rotatable bonds is 5. The Hall–Kier alpha value is -2.22. The topological polar surface area (TPSA) is 72.1 Å². The Morgan fingerprint density at radius 1 is 1.26 bits per heavy atom. The summed E-state index contributed by atoms with van der Waals surface area (Å²) in [5.41, 5.74) is 1.41. The quantitative estimate of drug-likeness (QED) is 0.503. The fourth-order valence-electron chi connectivity index (χ4n) is 3.66. The standard InChI is InChI=1S/C22H20Cl2N2O4S/c1-4-17-20(27)26-19(18(21(28)29-5-2)11(3)25-22(26)31-17)16-9-8-15(30-16)13-10-12(23)6-7-14(13)24/h6-10,17,19H,4-5H2,1-3H3. The zero-order valence-corrected chi connectivity index (χ0v) is 19.5. The third kappa shape index (κ3) is 3.90. The maximum Gasteiger partial charge on any atom is 0.338 e. The van der Waals surface area contributed by atoms with Gasteiger partial charge in [0.2, 0.25) is 5.91 Å². The number of nitrogens with zero attached hydrogens (tertiary/aromatic N) is 2. The molecule has 2 atom stereocenters. The monoisotopic (exact) mass is 478 g/mol. The Balaban J connectivity index is 1.82. The lowest BCUT2D eigenvalue weighted by Crippen LogP contribution is -2.40. The number of allylic oxidation sites excluding steroid dienone is 1. The number of carbonyl (C=O) groups is 2. The van der Waals surface area contributed by atoms with Crippen molar-refractivity contribution in [2.75, 3.05) is 6.61 Å². The molecule has 2 unspecified atom stereocenters. The maximum atomic E-state index is 13.1. The highest BCUT2D eigenvalue weighted by molar-refractivity contribution is 8.15. The van der Waals surface area contributed by atoms with E-state index in [2.05, 4.69) is 4.99 Å². The normalized spacial score (nSPS) is 20.7.